The van der Waals surface area contributed by atoms with E-state index in [1.165, 1.54) is 0 Å². The van der Waals surface area contributed by atoms with Crippen LogP contribution in [0.3, 0.4) is 0 Å². The molecular formula is C3HF3N2OS. The van der Waals surface area contributed by atoms with Gasteiger partial charge in [0.1, 0.15) is 0 Å². The molecule has 1 heterocycles. The fourth-order valence-corrected chi connectivity index (χ4v) is 0.818. The van der Waals surface area contributed by atoms with Gasteiger partial charge in [0, 0.05) is 11.5 Å². The van der Waals surface area contributed by atoms with Crippen LogP contribution in [0.4, 0.5) is 13.2 Å². The lowest BCUT2D eigenvalue weighted by Crippen LogP contribution is -2.09. The summed E-state index contributed by atoms with van der Waals surface area (Å²) in [5, 5.41) is 0. The maximum atomic E-state index is 11.6. The number of H-pyrrole nitrogens is 1. The van der Waals surface area contributed by atoms with Crippen LogP contribution in [0, 0.1) is 0 Å². The van der Waals surface area contributed by atoms with Crippen LogP contribution in [0.1, 0.15) is 5.82 Å². The van der Waals surface area contributed by atoms with Gasteiger partial charge in [0.15, 0.2) is 0 Å². The molecule has 0 aliphatic rings. The normalized spacial score (nSPS) is 11.9. The molecule has 0 saturated carbocycles. The topological polar surface area (TPSA) is 45.8 Å². The lowest BCUT2D eigenvalue weighted by molar-refractivity contribution is -0.144. The molecule has 0 radical (unpaired) electrons. The molecule has 1 rings (SSSR count). The van der Waals surface area contributed by atoms with Gasteiger partial charge in [-0.3, -0.25) is 9.78 Å². The van der Waals surface area contributed by atoms with Gasteiger partial charge in [0.2, 0.25) is 5.82 Å². The zero-order chi connectivity index (χ0) is 7.78. The highest BCUT2D eigenvalue weighted by Gasteiger charge is 2.34. The monoisotopic (exact) mass is 170 g/mol. The number of aromatic amines is 1. The van der Waals surface area contributed by atoms with Gasteiger partial charge in [0.25, 0.3) is 0 Å². The second kappa shape index (κ2) is 2.08. The van der Waals surface area contributed by atoms with Gasteiger partial charge >= 0.3 is 11.0 Å². The Kier molecular flexibility index (Phi) is 1.51. The predicted molar refractivity (Wildman–Crippen MR) is 27.7 cm³/mol. The number of hydrogen-bond acceptors (Lipinski definition) is 3. The number of aromatic nitrogens is 2. The van der Waals surface area contributed by atoms with Crippen LogP contribution in [0.2, 0.25) is 0 Å². The molecule has 0 unspecified atom stereocenters. The minimum atomic E-state index is -4.54. The van der Waals surface area contributed by atoms with E-state index in [1.807, 2.05) is 0 Å². The molecule has 3 nitrogen and oxygen atoms in total. The zero-order valence-electron chi connectivity index (χ0n) is 4.40. The van der Waals surface area contributed by atoms with Crippen molar-refractivity contribution < 1.29 is 13.2 Å². The van der Waals surface area contributed by atoms with Crippen molar-refractivity contribution in [3.05, 3.63) is 15.5 Å². The summed E-state index contributed by atoms with van der Waals surface area (Å²) < 4.78 is 37.6. The Labute approximate surface area is 56.7 Å². The first kappa shape index (κ1) is 7.26. The summed E-state index contributed by atoms with van der Waals surface area (Å²) in [6, 6.07) is 0. The van der Waals surface area contributed by atoms with E-state index in [0.29, 0.717) is 0 Å². The Bertz CT molecular complexity index is 274. The Hall–Kier alpha value is -0.850. The molecule has 0 aliphatic carbocycles. The molecular weight excluding hydrogens is 169 g/mol. The molecule has 0 saturated heterocycles. The van der Waals surface area contributed by atoms with Crippen LogP contribution >= 0.6 is 11.5 Å². The van der Waals surface area contributed by atoms with E-state index in [0.717, 1.165) is 0 Å². The van der Waals surface area contributed by atoms with Crippen molar-refractivity contribution in [2.24, 2.45) is 0 Å². The zero-order valence-corrected chi connectivity index (χ0v) is 5.21. The molecule has 1 aromatic heterocycles. The van der Waals surface area contributed by atoms with Gasteiger partial charge in [-0.05, 0) is 0 Å². The van der Waals surface area contributed by atoms with Crippen molar-refractivity contribution >= 4 is 11.5 Å². The standard InChI is InChI=1S/C3HF3N2OS/c4-3(5,6)1-7-2(9)10-8-1/h(H,7,8,9). The third kappa shape index (κ3) is 1.35. The van der Waals surface area contributed by atoms with Crippen molar-refractivity contribution in [2.75, 3.05) is 0 Å². The molecule has 0 aromatic carbocycles. The fourth-order valence-electron chi connectivity index (χ4n) is 0.352. The lowest BCUT2D eigenvalue weighted by Gasteiger charge is -1.97. The number of hydrogen-bond donors (Lipinski definition) is 1. The molecule has 0 aliphatic heterocycles. The van der Waals surface area contributed by atoms with Crippen LogP contribution in [0.5, 0.6) is 0 Å². The average Bonchev–Trinajstić information content (AvgIpc) is 2.11. The molecule has 0 spiro atoms. The second-order valence-electron chi connectivity index (χ2n) is 1.44. The van der Waals surface area contributed by atoms with E-state index in [2.05, 4.69) is 4.37 Å². The van der Waals surface area contributed by atoms with Gasteiger partial charge < -0.3 is 0 Å². The second-order valence-corrected chi connectivity index (χ2v) is 2.18. The van der Waals surface area contributed by atoms with Gasteiger partial charge in [-0.1, -0.05) is 0 Å². The van der Waals surface area contributed by atoms with Crippen LogP contribution in [-0.4, -0.2) is 9.36 Å². The molecule has 1 aromatic rings. The van der Waals surface area contributed by atoms with Crippen molar-refractivity contribution in [1.29, 1.82) is 0 Å². The van der Waals surface area contributed by atoms with Gasteiger partial charge in [0.05, 0.1) is 0 Å². The van der Waals surface area contributed by atoms with Crippen molar-refractivity contribution in [1.82, 2.24) is 9.36 Å². The molecule has 10 heavy (non-hydrogen) atoms. The Morgan fingerprint density at radius 3 is 2.30 bits per heavy atom. The number of halogens is 3. The quantitative estimate of drug-likeness (QED) is 0.627. The minimum Gasteiger partial charge on any atom is -0.292 e. The highest BCUT2D eigenvalue weighted by molar-refractivity contribution is 7.02. The fraction of sp³-hybridized carbons (Fsp3) is 0.333. The molecule has 56 valence electrons. The molecule has 0 atom stereocenters. The van der Waals surface area contributed by atoms with Crippen molar-refractivity contribution in [3.8, 4) is 0 Å². The van der Waals surface area contributed by atoms with Gasteiger partial charge in [-0.15, -0.1) is 0 Å². The van der Waals surface area contributed by atoms with E-state index in [4.69, 9.17) is 0 Å². The molecule has 7 heteroatoms. The predicted octanol–water partition coefficient (Wildman–Crippen LogP) is 0.850. The summed E-state index contributed by atoms with van der Waals surface area (Å²) in [5.41, 5.74) is 0. The summed E-state index contributed by atoms with van der Waals surface area (Å²) in [6.45, 7) is 0. The van der Waals surface area contributed by atoms with Crippen molar-refractivity contribution in [2.45, 2.75) is 6.18 Å². The molecule has 0 amide bonds. The minimum absolute atomic E-state index is 0.250. The van der Waals surface area contributed by atoms with E-state index in [1.54, 1.807) is 4.98 Å². The Morgan fingerprint density at radius 2 is 2.10 bits per heavy atom. The summed E-state index contributed by atoms with van der Waals surface area (Å²) >= 11 is 0.250. The summed E-state index contributed by atoms with van der Waals surface area (Å²) in [4.78, 5) is 10.9. The lowest BCUT2D eigenvalue weighted by atomic mass is 10.6. The van der Waals surface area contributed by atoms with Crippen LogP contribution in [0.15, 0.2) is 4.79 Å². The Balaban J connectivity index is 3.07. The van der Waals surface area contributed by atoms with E-state index in [-0.39, 0.29) is 11.5 Å². The average molecular weight is 170 g/mol. The molecule has 0 fully saturated rings. The third-order valence-corrected chi connectivity index (χ3v) is 1.25. The first-order valence-corrected chi connectivity index (χ1v) is 2.90. The summed E-state index contributed by atoms with van der Waals surface area (Å²) in [6.07, 6.45) is -4.54. The van der Waals surface area contributed by atoms with E-state index >= 15 is 0 Å². The van der Waals surface area contributed by atoms with Crippen LogP contribution in [-0.2, 0) is 6.18 Å². The maximum Gasteiger partial charge on any atom is 0.450 e. The largest absolute Gasteiger partial charge is 0.450 e. The SMILES string of the molecule is O=c1[nH]c(C(F)(F)F)ns1. The first-order valence-electron chi connectivity index (χ1n) is 2.13. The molecule has 0 bridgehead atoms. The number of nitrogens with zero attached hydrogens (tertiary/aromatic N) is 1. The van der Waals surface area contributed by atoms with Gasteiger partial charge in [-0.25, -0.2) is 0 Å². The van der Waals surface area contributed by atoms with Gasteiger partial charge in [-0.2, -0.15) is 17.5 Å². The number of nitrogens with one attached hydrogen (secondary N) is 1. The van der Waals surface area contributed by atoms with E-state index in [9.17, 15) is 18.0 Å². The maximum absolute atomic E-state index is 11.6. The van der Waals surface area contributed by atoms with E-state index < -0.39 is 16.9 Å². The third-order valence-electron chi connectivity index (χ3n) is 0.709. The summed E-state index contributed by atoms with van der Waals surface area (Å²) in [5.74, 6) is -1.23. The van der Waals surface area contributed by atoms with Crippen molar-refractivity contribution in [3.63, 3.8) is 0 Å². The summed E-state index contributed by atoms with van der Waals surface area (Å²) in [7, 11) is 0. The van der Waals surface area contributed by atoms with Crippen LogP contribution in [0.25, 0.3) is 0 Å². The number of rotatable bonds is 0. The smallest absolute Gasteiger partial charge is 0.292 e. The first-order chi connectivity index (χ1) is 4.50. The van der Waals surface area contributed by atoms with Crippen LogP contribution < -0.4 is 4.87 Å². The molecule has 1 N–H and O–H groups in total. The highest BCUT2D eigenvalue weighted by atomic mass is 32.1. The number of alkyl halides is 3. The highest BCUT2D eigenvalue weighted by Crippen LogP contribution is 2.24. The Morgan fingerprint density at radius 1 is 1.50 bits per heavy atom.